The number of cyclic esters (lactones) is 2. The molecule has 11 heteroatoms. The summed E-state index contributed by atoms with van der Waals surface area (Å²) in [5.74, 6) is -6.29. The topological polar surface area (TPSA) is 168 Å². The molecule has 3 aliphatic carbocycles. The number of aromatic hydroxyl groups is 2. The zero-order valence-electron chi connectivity index (χ0n) is 19.5. The largest absolute Gasteiger partial charge is 0.507 e. The van der Waals surface area contributed by atoms with Gasteiger partial charge in [0.05, 0.1) is 22.5 Å². The van der Waals surface area contributed by atoms with Gasteiger partial charge in [0.2, 0.25) is 0 Å². The molecule has 1 saturated carbocycles. The van der Waals surface area contributed by atoms with Gasteiger partial charge in [-0.05, 0) is 48.6 Å². The third kappa shape index (κ3) is 2.05. The molecular weight excluding hydrogens is 508 g/mol. The maximum Gasteiger partial charge on any atom is 0.342 e. The van der Waals surface area contributed by atoms with Gasteiger partial charge in [-0.2, -0.15) is 0 Å². The van der Waals surface area contributed by atoms with Gasteiger partial charge in [-0.15, -0.1) is 0 Å². The molecule has 0 amide bonds. The summed E-state index contributed by atoms with van der Waals surface area (Å²) in [6.45, 7) is 2.01. The maximum atomic E-state index is 14.0. The van der Waals surface area contributed by atoms with E-state index in [9.17, 15) is 39.6 Å². The molecule has 10 nitrogen and oxygen atoms in total. The first kappa shape index (κ1) is 22.7. The molecular formula is C26H19ClO10. The number of phenolic OH excluding ortho intramolecular Hbond substituents is 2. The van der Waals surface area contributed by atoms with E-state index in [1.807, 2.05) is 0 Å². The Labute approximate surface area is 213 Å². The van der Waals surface area contributed by atoms with Crippen LogP contribution in [0.3, 0.4) is 0 Å². The van der Waals surface area contributed by atoms with Crippen molar-refractivity contribution in [3.8, 4) is 11.5 Å². The smallest absolute Gasteiger partial charge is 0.342 e. The minimum atomic E-state index is -2.41. The summed E-state index contributed by atoms with van der Waals surface area (Å²) in [7, 11) is 0. The number of Topliss-reactive ketones (excluding diaryl/α,β-unsaturated/α-hetero) is 2. The van der Waals surface area contributed by atoms with E-state index in [1.165, 1.54) is 19.9 Å². The summed E-state index contributed by atoms with van der Waals surface area (Å²) >= 11 is 6.32. The van der Waals surface area contributed by atoms with E-state index in [2.05, 4.69) is 0 Å². The minimum Gasteiger partial charge on any atom is -0.507 e. The lowest BCUT2D eigenvalue weighted by atomic mass is 9.37. The quantitative estimate of drug-likeness (QED) is 0.368. The Kier molecular flexibility index (Phi) is 3.88. The van der Waals surface area contributed by atoms with Crippen LogP contribution in [0.2, 0.25) is 5.02 Å². The Balaban J connectivity index is 1.76. The number of esters is 2. The fourth-order valence-corrected chi connectivity index (χ4v) is 8.02. The molecule has 0 aromatic heterocycles. The van der Waals surface area contributed by atoms with Crippen molar-refractivity contribution in [1.82, 2.24) is 0 Å². The van der Waals surface area contributed by atoms with Gasteiger partial charge in [-0.25, -0.2) is 9.59 Å². The molecule has 0 unspecified atom stereocenters. The van der Waals surface area contributed by atoms with Crippen molar-refractivity contribution in [1.29, 1.82) is 0 Å². The molecule has 7 rings (SSSR count). The highest BCUT2D eigenvalue weighted by atomic mass is 35.5. The number of hydrogen-bond donors (Lipinski definition) is 4. The Hall–Kier alpha value is -3.47. The predicted molar refractivity (Wildman–Crippen MR) is 122 cm³/mol. The Bertz CT molecular complexity index is 1590. The van der Waals surface area contributed by atoms with Crippen LogP contribution in [-0.4, -0.2) is 68.8 Å². The first-order valence-corrected chi connectivity index (χ1v) is 12.0. The number of benzene rings is 2. The van der Waals surface area contributed by atoms with Gasteiger partial charge in [0.25, 0.3) is 0 Å². The van der Waals surface area contributed by atoms with Gasteiger partial charge in [0.1, 0.15) is 41.4 Å². The van der Waals surface area contributed by atoms with Crippen LogP contribution in [0.25, 0.3) is 0 Å². The van der Waals surface area contributed by atoms with Gasteiger partial charge >= 0.3 is 11.9 Å². The Morgan fingerprint density at radius 1 is 0.946 bits per heavy atom. The zero-order valence-corrected chi connectivity index (χ0v) is 20.2. The second kappa shape index (κ2) is 6.32. The Morgan fingerprint density at radius 2 is 1.59 bits per heavy atom. The van der Waals surface area contributed by atoms with Crippen molar-refractivity contribution < 1.29 is 49.1 Å². The van der Waals surface area contributed by atoms with Crippen molar-refractivity contribution in [3.05, 3.63) is 55.6 Å². The minimum absolute atomic E-state index is 0.0239. The number of phenols is 2. The average molecular weight is 527 g/mol. The van der Waals surface area contributed by atoms with Crippen LogP contribution >= 0.6 is 11.6 Å². The van der Waals surface area contributed by atoms with E-state index in [4.69, 9.17) is 21.1 Å². The highest BCUT2D eigenvalue weighted by molar-refractivity contribution is 6.34. The number of ether oxygens (including phenoxy) is 2. The summed E-state index contributed by atoms with van der Waals surface area (Å²) in [6.07, 6.45) is -2.25. The summed E-state index contributed by atoms with van der Waals surface area (Å²) in [4.78, 5) is 53.9. The molecule has 0 radical (unpaired) electrons. The monoisotopic (exact) mass is 526 g/mol. The van der Waals surface area contributed by atoms with Crippen molar-refractivity contribution in [2.24, 2.45) is 5.92 Å². The summed E-state index contributed by atoms with van der Waals surface area (Å²) in [6, 6.07) is 1.21. The lowest BCUT2D eigenvalue weighted by molar-refractivity contribution is -0.170. The van der Waals surface area contributed by atoms with Gasteiger partial charge in [0.15, 0.2) is 11.6 Å². The van der Waals surface area contributed by atoms with Gasteiger partial charge < -0.3 is 29.9 Å². The van der Waals surface area contributed by atoms with Crippen LogP contribution in [-0.2, 0) is 20.3 Å². The molecule has 37 heavy (non-hydrogen) atoms. The van der Waals surface area contributed by atoms with Crippen molar-refractivity contribution >= 4 is 35.1 Å². The normalized spacial score (nSPS) is 34.4. The van der Waals surface area contributed by atoms with E-state index < -0.39 is 88.7 Å². The highest BCUT2D eigenvalue weighted by Crippen LogP contribution is 2.69. The molecule has 2 heterocycles. The number of carbonyl (C=O) groups is 4. The fraction of sp³-hybridized carbons (Fsp3) is 0.385. The second-order valence-electron chi connectivity index (χ2n) is 10.7. The van der Waals surface area contributed by atoms with Crippen molar-refractivity contribution in [3.63, 3.8) is 0 Å². The number of aryl methyl sites for hydroxylation is 1. The number of halogens is 1. The molecule has 5 atom stereocenters. The number of fused-ring (bicyclic) bond motifs is 3. The maximum absolute atomic E-state index is 14.0. The van der Waals surface area contributed by atoms with Crippen LogP contribution in [0.5, 0.6) is 11.5 Å². The van der Waals surface area contributed by atoms with Crippen LogP contribution < -0.4 is 0 Å². The third-order valence-corrected chi connectivity index (χ3v) is 9.74. The lowest BCUT2D eigenvalue weighted by Crippen LogP contribution is -2.80. The van der Waals surface area contributed by atoms with E-state index >= 15 is 0 Å². The van der Waals surface area contributed by atoms with Crippen molar-refractivity contribution in [2.75, 3.05) is 13.2 Å². The molecule has 2 aromatic carbocycles. The molecule has 2 aromatic rings. The van der Waals surface area contributed by atoms with E-state index in [-0.39, 0.29) is 44.0 Å². The number of ketones is 2. The molecule has 4 bridgehead atoms. The van der Waals surface area contributed by atoms with Crippen LogP contribution in [0.1, 0.15) is 70.1 Å². The standard InChI is InChI=1S/C26H19ClO10/c1-7-3-9(28)12-14-10(7)20(31)26(35)4-24(14,5-36-22(12)33)25-6-37-23(34)13-15(25)11(8(2)17(27)19(13)30)18(29)16(26)21(25)32/h3,16,21,28,30,32,35H,4-6H2,1-2H3/t16-,21+,24-,25+,26+/m0/s1. The number of aliphatic hydroxyl groups is 2. The molecule has 2 spiro atoms. The molecule has 4 N–H and O–H groups in total. The van der Waals surface area contributed by atoms with Crippen LogP contribution in [0.4, 0.5) is 0 Å². The van der Waals surface area contributed by atoms with Crippen LogP contribution in [0, 0.1) is 19.8 Å². The van der Waals surface area contributed by atoms with Gasteiger partial charge in [-0.3, -0.25) is 9.59 Å². The summed E-state index contributed by atoms with van der Waals surface area (Å²) < 4.78 is 11.0. The predicted octanol–water partition coefficient (Wildman–Crippen LogP) is 1.39. The number of aliphatic hydroxyl groups excluding tert-OH is 1. The average Bonchev–Trinajstić information content (AvgIpc) is 2.82. The molecule has 1 fully saturated rings. The summed E-state index contributed by atoms with van der Waals surface area (Å²) in [5.41, 5.74) is -6.24. The third-order valence-electron chi connectivity index (χ3n) is 9.28. The van der Waals surface area contributed by atoms with Gasteiger partial charge in [-0.1, -0.05) is 11.6 Å². The highest BCUT2D eigenvalue weighted by Gasteiger charge is 2.79. The van der Waals surface area contributed by atoms with Gasteiger partial charge in [0, 0.05) is 16.5 Å². The van der Waals surface area contributed by atoms with E-state index in [0.29, 0.717) is 0 Å². The SMILES string of the molecule is Cc1cc(O)c2c3c1C(=O)[C@@]1(O)C[C@@]3(COC2=O)[C@]23COC(=O)c4c(O)c(Cl)c(C)c(c42)C(=O)[C@H]1[C@H]3O. The number of carbonyl (C=O) groups excluding carboxylic acids is 4. The lowest BCUT2D eigenvalue weighted by Gasteiger charge is -2.67. The first-order chi connectivity index (χ1) is 17.3. The van der Waals surface area contributed by atoms with Crippen LogP contribution in [0.15, 0.2) is 6.07 Å². The molecule has 2 aliphatic heterocycles. The summed E-state index contributed by atoms with van der Waals surface area (Å²) in [5, 5.41) is 45.4. The molecule has 190 valence electrons. The number of hydrogen-bond acceptors (Lipinski definition) is 10. The van der Waals surface area contributed by atoms with Crippen molar-refractivity contribution in [2.45, 2.75) is 42.8 Å². The molecule has 0 saturated heterocycles. The molecule has 5 aliphatic rings. The van der Waals surface area contributed by atoms with E-state index in [0.717, 1.165) is 0 Å². The Morgan fingerprint density at radius 3 is 2.30 bits per heavy atom. The first-order valence-electron chi connectivity index (χ1n) is 11.6. The second-order valence-corrected chi connectivity index (χ2v) is 11.1. The zero-order chi connectivity index (χ0) is 26.6. The number of rotatable bonds is 0. The van der Waals surface area contributed by atoms with E-state index in [1.54, 1.807) is 0 Å². The fourth-order valence-electron chi connectivity index (χ4n) is 7.83.